The molecule has 1 aliphatic rings. The number of piperidine rings is 1. The largest absolute Gasteiger partial charge is 0.507 e. The molecule has 1 amide bonds. The monoisotopic (exact) mass is 336 g/mol. The Hall–Kier alpha value is -2.62. The molecule has 4 nitrogen and oxygen atoms in total. The van der Waals surface area contributed by atoms with Gasteiger partial charge in [0.05, 0.1) is 0 Å². The topological polar surface area (TPSA) is 52.9 Å². The highest BCUT2D eigenvalue weighted by molar-refractivity contribution is 5.88. The maximum atomic E-state index is 13.0. The number of benzene rings is 2. The minimum Gasteiger partial charge on any atom is -0.507 e. The van der Waals surface area contributed by atoms with Crippen molar-refractivity contribution in [2.24, 2.45) is 4.99 Å². The fraction of sp³-hybridized carbons (Fsp3) is 0.333. The Morgan fingerprint density at radius 2 is 1.72 bits per heavy atom. The molecule has 0 aliphatic carbocycles. The minimum atomic E-state index is -0.458. The maximum absolute atomic E-state index is 13.0. The molecule has 3 rings (SSSR count). The van der Waals surface area contributed by atoms with Crippen LogP contribution in [0.5, 0.6) is 5.75 Å². The molecular weight excluding hydrogens is 312 g/mol. The highest BCUT2D eigenvalue weighted by Gasteiger charge is 2.25. The Labute approximate surface area is 148 Å². The summed E-state index contributed by atoms with van der Waals surface area (Å²) in [6, 6.07) is 16.5. The van der Waals surface area contributed by atoms with Gasteiger partial charge < -0.3 is 10.0 Å². The summed E-state index contributed by atoms with van der Waals surface area (Å²) in [4.78, 5) is 19.4. The Kier molecular flexibility index (Phi) is 5.83. The number of hydrogen-bond acceptors (Lipinski definition) is 3. The first-order chi connectivity index (χ1) is 12.2. The third kappa shape index (κ3) is 4.69. The Bertz CT molecular complexity index is 722. The zero-order valence-electron chi connectivity index (χ0n) is 14.3. The molecule has 1 N–H and O–H groups in total. The van der Waals surface area contributed by atoms with E-state index in [1.54, 1.807) is 24.4 Å². The van der Waals surface area contributed by atoms with Crippen LogP contribution >= 0.6 is 0 Å². The second kappa shape index (κ2) is 8.47. The molecule has 0 unspecified atom stereocenters. The summed E-state index contributed by atoms with van der Waals surface area (Å²) in [7, 11) is 0. The number of hydrogen-bond donors (Lipinski definition) is 1. The molecule has 1 aliphatic heterocycles. The van der Waals surface area contributed by atoms with Crippen molar-refractivity contribution in [2.75, 3.05) is 13.1 Å². The van der Waals surface area contributed by atoms with Gasteiger partial charge in [-0.2, -0.15) is 0 Å². The van der Waals surface area contributed by atoms with Crippen LogP contribution in [0.4, 0.5) is 0 Å². The lowest BCUT2D eigenvalue weighted by Crippen LogP contribution is -2.42. The van der Waals surface area contributed by atoms with Crippen LogP contribution in [0.3, 0.4) is 0 Å². The van der Waals surface area contributed by atoms with Gasteiger partial charge in [-0.05, 0) is 37.0 Å². The normalized spacial score (nSPS) is 16.1. The molecule has 25 heavy (non-hydrogen) atoms. The summed E-state index contributed by atoms with van der Waals surface area (Å²) in [5.41, 5.74) is 1.72. The average Bonchev–Trinajstić information content (AvgIpc) is 2.67. The fourth-order valence-electron chi connectivity index (χ4n) is 3.13. The van der Waals surface area contributed by atoms with Crippen LogP contribution in [0.1, 0.15) is 30.4 Å². The van der Waals surface area contributed by atoms with Gasteiger partial charge in [-0.3, -0.25) is 9.79 Å². The molecule has 1 saturated heterocycles. The average molecular weight is 336 g/mol. The predicted octanol–water partition coefficient (Wildman–Crippen LogP) is 3.43. The van der Waals surface area contributed by atoms with Crippen molar-refractivity contribution in [2.45, 2.75) is 31.7 Å². The summed E-state index contributed by atoms with van der Waals surface area (Å²) < 4.78 is 0. The van der Waals surface area contributed by atoms with E-state index >= 15 is 0 Å². The van der Waals surface area contributed by atoms with Crippen LogP contribution in [0.2, 0.25) is 0 Å². The van der Waals surface area contributed by atoms with Gasteiger partial charge in [-0.25, -0.2) is 0 Å². The number of para-hydroxylation sites is 1. The van der Waals surface area contributed by atoms with Gasteiger partial charge in [0.1, 0.15) is 11.8 Å². The van der Waals surface area contributed by atoms with Crippen LogP contribution in [0, 0.1) is 0 Å². The lowest BCUT2D eigenvalue weighted by Gasteiger charge is -2.29. The SMILES string of the molecule is O=C([C@H](Cc1ccccc1)N=Cc1ccccc1O)N1CCCCC1. The molecule has 1 heterocycles. The predicted molar refractivity (Wildman–Crippen MR) is 100 cm³/mol. The lowest BCUT2D eigenvalue weighted by molar-refractivity contribution is -0.133. The summed E-state index contributed by atoms with van der Waals surface area (Å²) in [6.45, 7) is 1.63. The summed E-state index contributed by atoms with van der Waals surface area (Å²) >= 11 is 0. The van der Waals surface area contributed by atoms with E-state index in [0.717, 1.165) is 31.5 Å². The number of carbonyl (C=O) groups is 1. The van der Waals surface area contributed by atoms with E-state index < -0.39 is 6.04 Å². The first-order valence-electron chi connectivity index (χ1n) is 8.88. The van der Waals surface area contributed by atoms with Crippen LogP contribution in [0.25, 0.3) is 0 Å². The van der Waals surface area contributed by atoms with E-state index in [9.17, 15) is 9.90 Å². The molecule has 0 spiro atoms. The van der Waals surface area contributed by atoms with Gasteiger partial charge in [-0.15, -0.1) is 0 Å². The molecule has 4 heteroatoms. The van der Waals surface area contributed by atoms with Gasteiger partial charge in [0.2, 0.25) is 5.91 Å². The number of nitrogens with zero attached hydrogens (tertiary/aromatic N) is 2. The van der Waals surface area contributed by atoms with E-state index in [4.69, 9.17) is 0 Å². The number of likely N-dealkylation sites (tertiary alicyclic amines) is 1. The van der Waals surface area contributed by atoms with Crippen LogP contribution in [-0.4, -0.2) is 41.3 Å². The molecule has 1 fully saturated rings. The van der Waals surface area contributed by atoms with Gasteiger partial charge in [0.25, 0.3) is 0 Å². The standard InChI is InChI=1S/C21H24N2O2/c24-20-12-6-5-11-18(20)16-22-19(15-17-9-3-1-4-10-17)21(25)23-13-7-2-8-14-23/h1,3-6,9-12,16,19,24H,2,7-8,13-15H2/t19-/m0/s1. The molecule has 1 atom stereocenters. The van der Waals surface area contributed by atoms with E-state index in [2.05, 4.69) is 4.99 Å². The van der Waals surface area contributed by atoms with E-state index in [-0.39, 0.29) is 11.7 Å². The number of aliphatic imine (C=N–C) groups is 1. The highest BCUT2D eigenvalue weighted by atomic mass is 16.3. The first-order valence-corrected chi connectivity index (χ1v) is 8.88. The van der Waals surface area contributed by atoms with Gasteiger partial charge in [0, 0.05) is 31.3 Å². The van der Waals surface area contributed by atoms with Crippen molar-refractivity contribution >= 4 is 12.1 Å². The van der Waals surface area contributed by atoms with Crippen molar-refractivity contribution < 1.29 is 9.90 Å². The molecule has 0 saturated carbocycles. The second-order valence-corrected chi connectivity index (χ2v) is 6.43. The molecular formula is C21H24N2O2. The number of rotatable bonds is 5. The maximum Gasteiger partial charge on any atom is 0.247 e. The molecule has 130 valence electrons. The minimum absolute atomic E-state index is 0.0789. The van der Waals surface area contributed by atoms with E-state index in [0.29, 0.717) is 12.0 Å². The van der Waals surface area contributed by atoms with Crippen LogP contribution < -0.4 is 0 Å². The number of phenolic OH excluding ortho intramolecular Hbond substituents is 1. The third-order valence-corrected chi connectivity index (χ3v) is 4.55. The first kappa shape index (κ1) is 17.2. The van der Waals surface area contributed by atoms with Crippen molar-refractivity contribution in [1.82, 2.24) is 4.90 Å². The van der Waals surface area contributed by atoms with E-state index in [1.807, 2.05) is 41.3 Å². The highest BCUT2D eigenvalue weighted by Crippen LogP contribution is 2.16. The Balaban J connectivity index is 1.80. The smallest absolute Gasteiger partial charge is 0.247 e. The van der Waals surface area contributed by atoms with Crippen molar-refractivity contribution in [3.63, 3.8) is 0 Å². The van der Waals surface area contributed by atoms with Gasteiger partial charge in [0.15, 0.2) is 0 Å². The molecule has 0 radical (unpaired) electrons. The number of aromatic hydroxyl groups is 1. The van der Waals surface area contributed by atoms with Gasteiger partial charge in [-0.1, -0.05) is 42.5 Å². The fourth-order valence-corrected chi connectivity index (χ4v) is 3.13. The quantitative estimate of drug-likeness (QED) is 0.851. The van der Waals surface area contributed by atoms with Crippen LogP contribution in [0.15, 0.2) is 59.6 Å². The lowest BCUT2D eigenvalue weighted by atomic mass is 10.0. The Morgan fingerprint density at radius 1 is 1.04 bits per heavy atom. The zero-order valence-corrected chi connectivity index (χ0v) is 14.3. The molecule has 0 bridgehead atoms. The number of carbonyl (C=O) groups excluding carboxylic acids is 1. The second-order valence-electron chi connectivity index (χ2n) is 6.43. The van der Waals surface area contributed by atoms with Gasteiger partial charge >= 0.3 is 0 Å². The molecule has 2 aromatic rings. The molecule has 2 aromatic carbocycles. The summed E-state index contributed by atoms with van der Waals surface area (Å²) in [5.74, 6) is 0.255. The van der Waals surface area contributed by atoms with Crippen molar-refractivity contribution in [3.8, 4) is 5.75 Å². The zero-order chi connectivity index (χ0) is 17.5. The van der Waals surface area contributed by atoms with E-state index in [1.165, 1.54) is 6.42 Å². The van der Waals surface area contributed by atoms with Crippen LogP contribution in [-0.2, 0) is 11.2 Å². The number of phenols is 1. The van der Waals surface area contributed by atoms with Crippen molar-refractivity contribution in [1.29, 1.82) is 0 Å². The number of amides is 1. The summed E-state index contributed by atoms with van der Waals surface area (Å²) in [5, 5.41) is 9.91. The third-order valence-electron chi connectivity index (χ3n) is 4.55. The van der Waals surface area contributed by atoms with Crippen molar-refractivity contribution in [3.05, 3.63) is 65.7 Å². The Morgan fingerprint density at radius 3 is 2.44 bits per heavy atom. The molecule has 0 aromatic heterocycles. The summed E-state index contributed by atoms with van der Waals surface area (Å²) in [6.07, 6.45) is 5.50.